The normalized spacial score (nSPS) is 20.9. The molecule has 2 aliphatic rings. The Morgan fingerprint density at radius 1 is 1.22 bits per heavy atom. The van der Waals surface area contributed by atoms with Gasteiger partial charge in [-0.15, -0.1) is 16.9 Å². The summed E-state index contributed by atoms with van der Waals surface area (Å²) in [5, 5.41) is 13.5. The van der Waals surface area contributed by atoms with E-state index in [4.69, 9.17) is 0 Å². The van der Waals surface area contributed by atoms with Crippen LogP contribution in [0.2, 0.25) is 0 Å². The maximum atomic E-state index is 13.0. The number of para-hydroxylation sites is 1. The Kier molecular flexibility index (Phi) is 6.02. The summed E-state index contributed by atoms with van der Waals surface area (Å²) in [6, 6.07) is 8.59. The lowest BCUT2D eigenvalue weighted by Crippen LogP contribution is -2.33. The number of anilines is 1. The number of rotatable bonds is 4. The minimum atomic E-state index is 0.125. The van der Waals surface area contributed by atoms with Gasteiger partial charge in [0.25, 0.3) is 0 Å². The second kappa shape index (κ2) is 8.65. The molecule has 1 aromatic heterocycles. The Labute approximate surface area is 168 Å². The number of tetrazole rings is 1. The van der Waals surface area contributed by atoms with Crippen LogP contribution >= 0.6 is 23.5 Å². The molecule has 0 radical (unpaired) electrons. The van der Waals surface area contributed by atoms with Gasteiger partial charge in [-0.05, 0) is 41.8 Å². The molecule has 27 heavy (non-hydrogen) atoms. The SMILES string of the molecule is C[C@@H]1CCN(C(=O)CSc2nnnn2C2CCCCC2)c2ccccc2S1. The highest BCUT2D eigenvalue weighted by molar-refractivity contribution is 8.00. The minimum Gasteiger partial charge on any atom is -0.311 e. The van der Waals surface area contributed by atoms with Gasteiger partial charge in [0, 0.05) is 16.7 Å². The molecule has 1 aliphatic heterocycles. The van der Waals surface area contributed by atoms with Crippen LogP contribution in [0.1, 0.15) is 51.5 Å². The zero-order valence-corrected chi connectivity index (χ0v) is 17.2. The summed E-state index contributed by atoms with van der Waals surface area (Å²) in [5.41, 5.74) is 1.03. The topological polar surface area (TPSA) is 63.9 Å². The molecule has 0 spiro atoms. The molecule has 1 atom stereocenters. The largest absolute Gasteiger partial charge is 0.311 e. The first-order valence-corrected chi connectivity index (χ1v) is 11.6. The Morgan fingerprint density at radius 3 is 2.89 bits per heavy atom. The fourth-order valence-corrected chi connectivity index (χ4v) is 5.72. The first kappa shape index (κ1) is 18.8. The molecule has 1 aliphatic carbocycles. The molecule has 6 nitrogen and oxygen atoms in total. The Balaban J connectivity index is 1.45. The van der Waals surface area contributed by atoms with Gasteiger partial charge < -0.3 is 4.90 Å². The zero-order chi connectivity index (χ0) is 18.6. The van der Waals surface area contributed by atoms with E-state index in [-0.39, 0.29) is 5.91 Å². The predicted octanol–water partition coefficient (Wildman–Crippen LogP) is 4.19. The summed E-state index contributed by atoms with van der Waals surface area (Å²) in [7, 11) is 0. The van der Waals surface area contributed by atoms with Crippen molar-refractivity contribution in [1.29, 1.82) is 0 Å². The predicted molar refractivity (Wildman–Crippen MR) is 109 cm³/mol. The van der Waals surface area contributed by atoms with Gasteiger partial charge in [0.05, 0.1) is 17.5 Å². The lowest BCUT2D eigenvalue weighted by molar-refractivity contribution is -0.116. The quantitative estimate of drug-likeness (QED) is 0.714. The van der Waals surface area contributed by atoms with E-state index in [1.54, 1.807) is 0 Å². The first-order chi connectivity index (χ1) is 13.2. The number of hydrogen-bond acceptors (Lipinski definition) is 6. The average molecular weight is 404 g/mol. The highest BCUT2D eigenvalue weighted by Crippen LogP contribution is 2.37. The van der Waals surface area contributed by atoms with Gasteiger partial charge in [-0.3, -0.25) is 4.79 Å². The number of fused-ring (bicyclic) bond motifs is 1. The van der Waals surface area contributed by atoms with E-state index in [1.807, 2.05) is 33.5 Å². The van der Waals surface area contributed by atoms with Gasteiger partial charge in [-0.1, -0.05) is 50.1 Å². The number of amides is 1. The number of nitrogens with zero attached hydrogens (tertiary/aromatic N) is 5. The van der Waals surface area contributed by atoms with Gasteiger partial charge >= 0.3 is 0 Å². The van der Waals surface area contributed by atoms with Crippen LogP contribution in [0.4, 0.5) is 5.69 Å². The van der Waals surface area contributed by atoms with E-state index in [1.165, 1.54) is 35.9 Å². The third-order valence-corrected chi connectivity index (χ3v) is 7.41. The number of aromatic nitrogens is 4. The Morgan fingerprint density at radius 2 is 2.04 bits per heavy atom. The van der Waals surface area contributed by atoms with Crippen molar-refractivity contribution >= 4 is 35.1 Å². The standard InChI is InChI=1S/C19H25N5OS2/c1-14-11-12-23(16-9-5-6-10-17(16)27-14)18(25)13-26-19-20-21-22-24(19)15-7-3-2-4-8-15/h5-6,9-10,14-15H,2-4,7-8,11-13H2,1H3/t14-/m1/s1. The summed E-state index contributed by atoms with van der Waals surface area (Å²) in [5.74, 6) is 0.487. The zero-order valence-electron chi connectivity index (χ0n) is 15.6. The van der Waals surface area contributed by atoms with Crippen LogP contribution in [0.5, 0.6) is 0 Å². The third kappa shape index (κ3) is 4.32. The third-order valence-electron chi connectivity index (χ3n) is 5.25. The molecule has 2 aromatic rings. The van der Waals surface area contributed by atoms with Crippen LogP contribution in [0.15, 0.2) is 34.3 Å². The molecule has 1 saturated carbocycles. The number of benzene rings is 1. The molecule has 0 unspecified atom stereocenters. The number of hydrogen-bond donors (Lipinski definition) is 0. The van der Waals surface area contributed by atoms with Crippen molar-refractivity contribution in [3.8, 4) is 0 Å². The van der Waals surface area contributed by atoms with Crippen LogP contribution < -0.4 is 4.90 Å². The molecule has 0 saturated heterocycles. The summed E-state index contributed by atoms with van der Waals surface area (Å²) in [6.07, 6.45) is 7.00. The van der Waals surface area contributed by atoms with Crippen LogP contribution in [0.25, 0.3) is 0 Å². The van der Waals surface area contributed by atoms with Crippen molar-refractivity contribution in [3.63, 3.8) is 0 Å². The number of carbonyl (C=O) groups excluding carboxylic acids is 1. The van der Waals surface area contributed by atoms with Crippen molar-refractivity contribution in [2.45, 2.75) is 66.8 Å². The van der Waals surface area contributed by atoms with Crippen molar-refractivity contribution in [3.05, 3.63) is 24.3 Å². The fourth-order valence-electron chi connectivity index (χ4n) is 3.79. The summed E-state index contributed by atoms with van der Waals surface area (Å²) < 4.78 is 1.94. The monoisotopic (exact) mass is 403 g/mol. The van der Waals surface area contributed by atoms with Gasteiger partial charge in [-0.25, -0.2) is 4.68 Å². The van der Waals surface area contributed by atoms with Crippen LogP contribution in [0.3, 0.4) is 0 Å². The second-order valence-electron chi connectivity index (χ2n) is 7.22. The molecule has 1 fully saturated rings. The van der Waals surface area contributed by atoms with Crippen LogP contribution in [-0.2, 0) is 4.79 Å². The van der Waals surface area contributed by atoms with E-state index < -0.39 is 0 Å². The minimum absolute atomic E-state index is 0.125. The fraction of sp³-hybridized carbons (Fsp3) is 0.579. The maximum Gasteiger partial charge on any atom is 0.237 e. The van der Waals surface area contributed by atoms with Crippen molar-refractivity contribution < 1.29 is 4.79 Å². The lowest BCUT2D eigenvalue weighted by Gasteiger charge is -2.23. The highest BCUT2D eigenvalue weighted by Gasteiger charge is 2.25. The highest BCUT2D eigenvalue weighted by atomic mass is 32.2. The van der Waals surface area contributed by atoms with Crippen molar-refractivity contribution in [2.75, 3.05) is 17.2 Å². The smallest absolute Gasteiger partial charge is 0.237 e. The van der Waals surface area contributed by atoms with E-state index >= 15 is 0 Å². The van der Waals surface area contributed by atoms with E-state index in [0.29, 0.717) is 17.0 Å². The van der Waals surface area contributed by atoms with Crippen LogP contribution in [-0.4, -0.2) is 43.7 Å². The molecular weight excluding hydrogens is 378 g/mol. The molecular formula is C19H25N5OS2. The van der Waals surface area contributed by atoms with Gasteiger partial charge in [-0.2, -0.15) is 0 Å². The maximum absolute atomic E-state index is 13.0. The number of carbonyl (C=O) groups is 1. The molecule has 1 aromatic carbocycles. The van der Waals surface area contributed by atoms with E-state index in [9.17, 15) is 4.79 Å². The summed E-state index contributed by atoms with van der Waals surface area (Å²) in [6.45, 7) is 2.99. The molecule has 144 valence electrons. The number of thioether (sulfide) groups is 2. The van der Waals surface area contributed by atoms with Gasteiger partial charge in [0.15, 0.2) is 0 Å². The average Bonchev–Trinajstić information content (AvgIpc) is 3.10. The first-order valence-electron chi connectivity index (χ1n) is 9.69. The molecule has 2 heterocycles. The van der Waals surface area contributed by atoms with Crippen molar-refractivity contribution in [2.24, 2.45) is 0 Å². The van der Waals surface area contributed by atoms with E-state index in [2.05, 4.69) is 34.6 Å². The van der Waals surface area contributed by atoms with Gasteiger partial charge in [0.1, 0.15) is 0 Å². The molecule has 4 rings (SSSR count). The van der Waals surface area contributed by atoms with Gasteiger partial charge in [0.2, 0.25) is 11.1 Å². The molecule has 0 bridgehead atoms. The second-order valence-corrected chi connectivity index (χ2v) is 9.64. The Hall–Kier alpha value is -1.54. The molecule has 8 heteroatoms. The van der Waals surface area contributed by atoms with Crippen LogP contribution in [0, 0.1) is 0 Å². The lowest BCUT2D eigenvalue weighted by atomic mass is 9.96. The van der Waals surface area contributed by atoms with E-state index in [0.717, 1.165) is 36.7 Å². The Bertz CT molecular complexity index is 790. The molecule has 1 amide bonds. The summed E-state index contributed by atoms with van der Waals surface area (Å²) in [4.78, 5) is 16.1. The molecule has 0 N–H and O–H groups in total. The van der Waals surface area contributed by atoms with Crippen molar-refractivity contribution in [1.82, 2.24) is 20.2 Å². The summed E-state index contributed by atoms with van der Waals surface area (Å²) >= 11 is 3.31.